The number of amides is 1. The zero-order valence-corrected chi connectivity index (χ0v) is 17.5. The summed E-state index contributed by atoms with van der Waals surface area (Å²) >= 11 is 0. The number of hydrogen-bond donors (Lipinski definition) is 1. The maximum atomic E-state index is 12.7. The third kappa shape index (κ3) is 5.19. The molecule has 0 saturated carbocycles. The minimum absolute atomic E-state index is 0.0710. The molecular formula is C24H28N4O. The lowest BCUT2D eigenvalue weighted by atomic mass is 9.86. The fourth-order valence-corrected chi connectivity index (χ4v) is 3.19. The maximum Gasteiger partial charge on any atom is 0.275 e. The van der Waals surface area contributed by atoms with Crippen LogP contribution in [0.4, 0.5) is 11.5 Å². The highest BCUT2D eigenvalue weighted by Crippen LogP contribution is 2.29. The van der Waals surface area contributed by atoms with Gasteiger partial charge < -0.3 is 10.2 Å². The van der Waals surface area contributed by atoms with Crippen molar-refractivity contribution in [3.05, 3.63) is 83.8 Å². The molecule has 1 N–H and O–H groups in total. The SMILES string of the molecule is CCN(Cc1ccccc1)c1cnc(C(=O)Nc2ccccc2C(C)(C)C)cn1. The average molecular weight is 389 g/mol. The summed E-state index contributed by atoms with van der Waals surface area (Å²) in [5.41, 5.74) is 3.32. The molecule has 1 heterocycles. The van der Waals surface area contributed by atoms with Crippen LogP contribution in [-0.4, -0.2) is 22.4 Å². The van der Waals surface area contributed by atoms with Crippen molar-refractivity contribution in [3.63, 3.8) is 0 Å². The topological polar surface area (TPSA) is 58.1 Å². The number of nitrogens with one attached hydrogen (secondary N) is 1. The molecule has 0 aliphatic carbocycles. The van der Waals surface area contributed by atoms with Crippen molar-refractivity contribution in [3.8, 4) is 0 Å². The first-order chi connectivity index (χ1) is 13.9. The minimum Gasteiger partial charge on any atom is -0.351 e. The normalized spacial score (nSPS) is 11.2. The Hall–Kier alpha value is -3.21. The highest BCUT2D eigenvalue weighted by atomic mass is 16.1. The summed E-state index contributed by atoms with van der Waals surface area (Å²) < 4.78 is 0. The lowest BCUT2D eigenvalue weighted by Gasteiger charge is -2.23. The van der Waals surface area contributed by atoms with E-state index in [1.165, 1.54) is 11.8 Å². The van der Waals surface area contributed by atoms with Gasteiger partial charge in [-0.25, -0.2) is 9.97 Å². The molecule has 29 heavy (non-hydrogen) atoms. The molecule has 0 unspecified atom stereocenters. The van der Waals surface area contributed by atoms with Crippen molar-refractivity contribution in [1.29, 1.82) is 0 Å². The molecular weight excluding hydrogens is 360 g/mol. The van der Waals surface area contributed by atoms with Crippen LogP contribution in [0.15, 0.2) is 67.0 Å². The van der Waals surface area contributed by atoms with E-state index in [0.717, 1.165) is 30.2 Å². The molecule has 0 fully saturated rings. The summed E-state index contributed by atoms with van der Waals surface area (Å²) in [6.07, 6.45) is 3.20. The van der Waals surface area contributed by atoms with E-state index in [4.69, 9.17) is 0 Å². The Morgan fingerprint density at radius 2 is 1.66 bits per heavy atom. The Morgan fingerprint density at radius 1 is 0.966 bits per heavy atom. The quantitative estimate of drug-likeness (QED) is 0.642. The number of aromatic nitrogens is 2. The fourth-order valence-electron chi connectivity index (χ4n) is 3.19. The molecule has 150 valence electrons. The van der Waals surface area contributed by atoms with Gasteiger partial charge in [-0.2, -0.15) is 0 Å². The Bertz CT molecular complexity index is 947. The largest absolute Gasteiger partial charge is 0.351 e. The van der Waals surface area contributed by atoms with Gasteiger partial charge in [-0.1, -0.05) is 69.3 Å². The van der Waals surface area contributed by atoms with Crippen LogP contribution in [0.1, 0.15) is 49.3 Å². The summed E-state index contributed by atoms with van der Waals surface area (Å²) in [7, 11) is 0. The average Bonchev–Trinajstić information content (AvgIpc) is 2.72. The van der Waals surface area contributed by atoms with Crippen LogP contribution in [0.3, 0.4) is 0 Å². The van der Waals surface area contributed by atoms with Crippen LogP contribution in [0.25, 0.3) is 0 Å². The van der Waals surface area contributed by atoms with Gasteiger partial charge in [-0.3, -0.25) is 4.79 Å². The molecule has 0 saturated heterocycles. The van der Waals surface area contributed by atoms with Crippen LogP contribution >= 0.6 is 0 Å². The molecule has 0 aliphatic rings. The van der Waals surface area contributed by atoms with Gasteiger partial charge in [0.15, 0.2) is 0 Å². The smallest absolute Gasteiger partial charge is 0.275 e. The number of carbonyl (C=O) groups excluding carboxylic acids is 1. The molecule has 0 radical (unpaired) electrons. The van der Waals surface area contributed by atoms with Gasteiger partial charge >= 0.3 is 0 Å². The molecule has 5 nitrogen and oxygen atoms in total. The van der Waals surface area contributed by atoms with E-state index in [-0.39, 0.29) is 11.3 Å². The standard InChI is InChI=1S/C24H28N4O/c1-5-28(17-18-11-7-6-8-12-18)22-16-25-21(15-26-22)23(29)27-20-14-10-9-13-19(20)24(2,3)4/h6-16H,5,17H2,1-4H3,(H,27,29). The first-order valence-corrected chi connectivity index (χ1v) is 9.90. The predicted molar refractivity (Wildman–Crippen MR) is 118 cm³/mol. The zero-order valence-electron chi connectivity index (χ0n) is 17.5. The van der Waals surface area contributed by atoms with Crippen molar-refractivity contribution >= 4 is 17.4 Å². The number of para-hydroxylation sites is 1. The Labute approximate surface area is 172 Å². The molecule has 1 aromatic heterocycles. The van der Waals surface area contributed by atoms with E-state index in [1.54, 1.807) is 6.20 Å². The van der Waals surface area contributed by atoms with Crippen molar-refractivity contribution in [1.82, 2.24) is 9.97 Å². The number of hydrogen-bond acceptors (Lipinski definition) is 4. The van der Waals surface area contributed by atoms with E-state index < -0.39 is 0 Å². The van der Waals surface area contributed by atoms with Crippen LogP contribution in [0.5, 0.6) is 0 Å². The van der Waals surface area contributed by atoms with Crippen LogP contribution in [-0.2, 0) is 12.0 Å². The lowest BCUT2D eigenvalue weighted by molar-refractivity contribution is 0.102. The highest BCUT2D eigenvalue weighted by molar-refractivity contribution is 6.03. The van der Waals surface area contributed by atoms with Gasteiger partial charge in [-0.05, 0) is 29.5 Å². The molecule has 2 aromatic carbocycles. The molecule has 0 aliphatic heterocycles. The van der Waals surface area contributed by atoms with Crippen molar-refractivity contribution in [2.75, 3.05) is 16.8 Å². The first-order valence-electron chi connectivity index (χ1n) is 9.90. The fraction of sp³-hybridized carbons (Fsp3) is 0.292. The minimum atomic E-state index is -0.258. The monoisotopic (exact) mass is 388 g/mol. The lowest BCUT2D eigenvalue weighted by Crippen LogP contribution is -2.24. The maximum absolute atomic E-state index is 12.7. The van der Waals surface area contributed by atoms with Crippen molar-refractivity contribution in [2.24, 2.45) is 0 Å². The zero-order chi connectivity index (χ0) is 20.9. The number of rotatable bonds is 6. The third-order valence-corrected chi connectivity index (χ3v) is 4.78. The van der Waals surface area contributed by atoms with E-state index in [2.05, 4.69) is 60.0 Å². The summed E-state index contributed by atoms with van der Waals surface area (Å²) in [5.74, 6) is 0.495. The molecule has 0 atom stereocenters. The Balaban J connectivity index is 1.74. The third-order valence-electron chi connectivity index (χ3n) is 4.78. The summed E-state index contributed by atoms with van der Waals surface area (Å²) in [4.78, 5) is 23.7. The molecule has 3 rings (SSSR count). The second-order valence-electron chi connectivity index (χ2n) is 8.01. The van der Waals surface area contributed by atoms with Crippen molar-refractivity contribution < 1.29 is 4.79 Å². The van der Waals surface area contributed by atoms with Gasteiger partial charge in [0.25, 0.3) is 5.91 Å². The van der Waals surface area contributed by atoms with Gasteiger partial charge in [0.1, 0.15) is 11.5 Å². The number of nitrogens with zero attached hydrogens (tertiary/aromatic N) is 3. The first kappa shape index (κ1) is 20.5. The van der Waals surface area contributed by atoms with Gasteiger partial charge in [0.2, 0.25) is 0 Å². The molecule has 5 heteroatoms. The molecule has 1 amide bonds. The molecule has 3 aromatic rings. The van der Waals surface area contributed by atoms with Gasteiger partial charge in [0, 0.05) is 18.8 Å². The van der Waals surface area contributed by atoms with Crippen molar-refractivity contribution in [2.45, 2.75) is 39.7 Å². The van der Waals surface area contributed by atoms with Crippen LogP contribution in [0.2, 0.25) is 0 Å². The number of anilines is 2. The summed E-state index contributed by atoms with van der Waals surface area (Å²) in [5, 5.41) is 2.98. The van der Waals surface area contributed by atoms with E-state index in [0.29, 0.717) is 5.69 Å². The van der Waals surface area contributed by atoms with E-state index >= 15 is 0 Å². The second kappa shape index (κ2) is 8.86. The van der Waals surface area contributed by atoms with Crippen LogP contribution in [0, 0.1) is 0 Å². The van der Waals surface area contributed by atoms with E-state index in [1.807, 2.05) is 42.5 Å². The number of carbonyl (C=O) groups is 1. The van der Waals surface area contributed by atoms with Gasteiger partial charge in [0.05, 0.1) is 12.4 Å². The highest BCUT2D eigenvalue weighted by Gasteiger charge is 2.19. The Kier molecular flexibility index (Phi) is 6.27. The number of benzene rings is 2. The predicted octanol–water partition coefficient (Wildman–Crippen LogP) is 5.05. The molecule has 0 spiro atoms. The van der Waals surface area contributed by atoms with Gasteiger partial charge in [-0.15, -0.1) is 0 Å². The Morgan fingerprint density at radius 3 is 2.28 bits per heavy atom. The second-order valence-corrected chi connectivity index (χ2v) is 8.01. The van der Waals surface area contributed by atoms with Crippen LogP contribution < -0.4 is 10.2 Å². The summed E-state index contributed by atoms with van der Waals surface area (Å²) in [6, 6.07) is 18.1. The summed E-state index contributed by atoms with van der Waals surface area (Å²) in [6.45, 7) is 10.00. The molecule has 0 bridgehead atoms. The van der Waals surface area contributed by atoms with E-state index in [9.17, 15) is 4.79 Å².